The predicted octanol–water partition coefficient (Wildman–Crippen LogP) is 1.04. The van der Waals surface area contributed by atoms with E-state index in [0.717, 1.165) is 16.8 Å². The van der Waals surface area contributed by atoms with Gasteiger partial charge in [0.25, 0.3) is 0 Å². The van der Waals surface area contributed by atoms with Crippen LogP contribution in [0, 0.1) is 6.92 Å². The topological polar surface area (TPSA) is 107 Å². The molecule has 8 heteroatoms. The molecule has 8 nitrogen and oxygen atoms in total. The van der Waals surface area contributed by atoms with Crippen LogP contribution in [-0.2, 0) is 0 Å². The van der Waals surface area contributed by atoms with Crippen LogP contribution in [0.1, 0.15) is 16.7 Å². The summed E-state index contributed by atoms with van der Waals surface area (Å²) in [6.07, 6.45) is 8.77. The standard InChI is InChI=1S/C17H18N8/c1-11-3-2-4-12(5-11)7-21-23-16-6-14(18)17-22-15(10-25(17)24-16)13-8-19-20-9-13/h2-10,17,22H,18H2,1H3,(H,19,20)(H,23,24)/b21-7+. The van der Waals surface area contributed by atoms with Crippen LogP contribution in [0.4, 0.5) is 0 Å². The van der Waals surface area contributed by atoms with Crippen molar-refractivity contribution in [2.45, 2.75) is 13.1 Å². The maximum absolute atomic E-state index is 6.16. The first kappa shape index (κ1) is 15.0. The van der Waals surface area contributed by atoms with Crippen LogP contribution in [0.3, 0.4) is 0 Å². The molecule has 2 aromatic rings. The SMILES string of the molecule is Cc1cccc(/C=N/NC2=NN3C=C(c4cn[nH]c4)NC3C(N)=C2)c1. The Kier molecular flexibility index (Phi) is 3.70. The van der Waals surface area contributed by atoms with E-state index in [1.165, 1.54) is 5.56 Å². The normalized spacial score (nSPS) is 19.2. The van der Waals surface area contributed by atoms with Crippen molar-refractivity contribution in [2.24, 2.45) is 15.9 Å². The minimum atomic E-state index is -0.198. The van der Waals surface area contributed by atoms with E-state index in [2.05, 4.69) is 37.2 Å². The number of aromatic nitrogens is 2. The van der Waals surface area contributed by atoms with Gasteiger partial charge in [-0.25, -0.2) is 5.01 Å². The summed E-state index contributed by atoms with van der Waals surface area (Å²) in [6, 6.07) is 8.09. The Bertz CT molecular complexity index is 891. The number of nitrogens with one attached hydrogen (secondary N) is 3. The van der Waals surface area contributed by atoms with Gasteiger partial charge in [0, 0.05) is 17.8 Å². The number of hydrazone groups is 2. The summed E-state index contributed by atoms with van der Waals surface area (Å²) >= 11 is 0. The van der Waals surface area contributed by atoms with E-state index in [0.29, 0.717) is 11.5 Å². The van der Waals surface area contributed by atoms with Crippen LogP contribution in [0.15, 0.2) is 64.8 Å². The molecule has 4 rings (SSSR count). The van der Waals surface area contributed by atoms with Gasteiger partial charge in [-0.3, -0.25) is 10.5 Å². The maximum Gasteiger partial charge on any atom is 0.168 e. The van der Waals surface area contributed by atoms with Crippen LogP contribution < -0.4 is 16.5 Å². The van der Waals surface area contributed by atoms with Crippen molar-refractivity contribution in [1.29, 1.82) is 0 Å². The van der Waals surface area contributed by atoms with Crippen molar-refractivity contribution in [3.05, 3.63) is 71.3 Å². The van der Waals surface area contributed by atoms with E-state index in [1.54, 1.807) is 23.5 Å². The lowest BCUT2D eigenvalue weighted by atomic mass is 10.2. The van der Waals surface area contributed by atoms with Crippen LogP contribution in [0.25, 0.3) is 5.70 Å². The number of hydrogen-bond donors (Lipinski definition) is 4. The van der Waals surface area contributed by atoms with Gasteiger partial charge >= 0.3 is 0 Å². The van der Waals surface area contributed by atoms with Gasteiger partial charge < -0.3 is 11.1 Å². The first-order valence-electron chi connectivity index (χ1n) is 7.86. The highest BCUT2D eigenvalue weighted by molar-refractivity contribution is 5.95. The summed E-state index contributed by atoms with van der Waals surface area (Å²) < 4.78 is 0. The molecular formula is C17H18N8. The van der Waals surface area contributed by atoms with E-state index in [1.807, 2.05) is 37.5 Å². The summed E-state index contributed by atoms with van der Waals surface area (Å²) in [5.41, 5.74) is 13.8. The number of H-pyrrole nitrogens is 1. The third kappa shape index (κ3) is 3.09. The fourth-order valence-electron chi connectivity index (χ4n) is 2.70. The van der Waals surface area contributed by atoms with Gasteiger partial charge in [-0.2, -0.15) is 15.3 Å². The lowest BCUT2D eigenvalue weighted by molar-refractivity contribution is 0.321. The average Bonchev–Trinajstić information content (AvgIpc) is 3.24. The number of benzene rings is 1. The van der Waals surface area contributed by atoms with Crippen molar-refractivity contribution in [2.75, 3.05) is 0 Å². The number of amidine groups is 1. The molecule has 25 heavy (non-hydrogen) atoms. The molecule has 0 radical (unpaired) electrons. The first-order valence-corrected chi connectivity index (χ1v) is 7.86. The molecule has 126 valence electrons. The van der Waals surface area contributed by atoms with Gasteiger partial charge in [0.2, 0.25) is 0 Å². The molecule has 0 saturated carbocycles. The summed E-state index contributed by atoms with van der Waals surface area (Å²) in [4.78, 5) is 0. The smallest absolute Gasteiger partial charge is 0.168 e. The van der Waals surface area contributed by atoms with Gasteiger partial charge in [-0.1, -0.05) is 29.8 Å². The fourth-order valence-corrected chi connectivity index (χ4v) is 2.70. The number of aromatic amines is 1. The lowest BCUT2D eigenvalue weighted by Gasteiger charge is -2.25. The molecule has 0 amide bonds. The van der Waals surface area contributed by atoms with E-state index in [4.69, 9.17) is 5.73 Å². The van der Waals surface area contributed by atoms with Crippen LogP contribution in [0.2, 0.25) is 0 Å². The molecule has 0 spiro atoms. The molecule has 0 fully saturated rings. The number of fused-ring (bicyclic) bond motifs is 1. The third-order valence-electron chi connectivity index (χ3n) is 3.90. The zero-order valence-corrected chi connectivity index (χ0v) is 13.6. The Balaban J connectivity index is 1.49. The zero-order valence-electron chi connectivity index (χ0n) is 13.6. The Hall–Kier alpha value is -3.55. The largest absolute Gasteiger partial charge is 0.399 e. The highest BCUT2D eigenvalue weighted by Crippen LogP contribution is 2.24. The maximum atomic E-state index is 6.16. The second-order valence-electron chi connectivity index (χ2n) is 5.87. The van der Waals surface area contributed by atoms with E-state index in [-0.39, 0.29) is 6.17 Å². The van der Waals surface area contributed by atoms with Crippen molar-refractivity contribution < 1.29 is 0 Å². The molecule has 0 bridgehead atoms. The first-order chi connectivity index (χ1) is 12.2. The van der Waals surface area contributed by atoms with Crippen molar-refractivity contribution in [3.8, 4) is 0 Å². The van der Waals surface area contributed by atoms with E-state index >= 15 is 0 Å². The molecule has 0 aliphatic carbocycles. The van der Waals surface area contributed by atoms with Crippen molar-refractivity contribution in [3.63, 3.8) is 0 Å². The summed E-state index contributed by atoms with van der Waals surface area (Å²) in [6.45, 7) is 2.05. The summed E-state index contributed by atoms with van der Waals surface area (Å²) in [5, 5.41) is 20.6. The molecular weight excluding hydrogens is 316 g/mol. The van der Waals surface area contributed by atoms with E-state index < -0.39 is 0 Å². The highest BCUT2D eigenvalue weighted by Gasteiger charge is 2.30. The number of nitrogens with two attached hydrogens (primary N) is 1. The average molecular weight is 334 g/mol. The Morgan fingerprint density at radius 1 is 1.40 bits per heavy atom. The fraction of sp³-hybridized carbons (Fsp3) is 0.118. The molecule has 2 aliphatic rings. The van der Waals surface area contributed by atoms with Crippen molar-refractivity contribution >= 4 is 17.7 Å². The lowest BCUT2D eigenvalue weighted by Crippen LogP contribution is -2.42. The number of aryl methyl sites for hydroxylation is 1. The van der Waals surface area contributed by atoms with Crippen LogP contribution in [0.5, 0.6) is 0 Å². The molecule has 2 aliphatic heterocycles. The Labute approximate surface area is 144 Å². The van der Waals surface area contributed by atoms with Gasteiger partial charge in [0.1, 0.15) is 0 Å². The monoisotopic (exact) mass is 334 g/mol. The van der Waals surface area contributed by atoms with Crippen LogP contribution in [-0.4, -0.2) is 33.4 Å². The quantitative estimate of drug-likeness (QED) is 0.496. The molecule has 1 atom stereocenters. The van der Waals surface area contributed by atoms with Crippen molar-refractivity contribution in [1.82, 2.24) is 25.9 Å². The highest BCUT2D eigenvalue weighted by atomic mass is 15.6. The zero-order chi connectivity index (χ0) is 17.2. The summed E-state index contributed by atoms with van der Waals surface area (Å²) in [7, 11) is 0. The third-order valence-corrected chi connectivity index (χ3v) is 3.90. The number of rotatable bonds is 3. The predicted molar refractivity (Wildman–Crippen MR) is 96.9 cm³/mol. The number of nitrogens with zero attached hydrogens (tertiary/aromatic N) is 4. The minimum absolute atomic E-state index is 0.198. The van der Waals surface area contributed by atoms with Gasteiger partial charge in [-0.05, 0) is 12.5 Å². The molecule has 0 saturated heterocycles. The number of hydrogen-bond acceptors (Lipinski definition) is 7. The van der Waals surface area contributed by atoms with Gasteiger partial charge in [-0.15, -0.1) is 0 Å². The Morgan fingerprint density at radius 2 is 2.32 bits per heavy atom. The van der Waals surface area contributed by atoms with Crippen LogP contribution >= 0.6 is 0 Å². The van der Waals surface area contributed by atoms with Gasteiger partial charge in [0.05, 0.1) is 30.0 Å². The molecule has 3 heterocycles. The second-order valence-corrected chi connectivity index (χ2v) is 5.87. The molecule has 1 aromatic carbocycles. The van der Waals surface area contributed by atoms with E-state index in [9.17, 15) is 0 Å². The minimum Gasteiger partial charge on any atom is -0.399 e. The molecule has 5 N–H and O–H groups in total. The summed E-state index contributed by atoms with van der Waals surface area (Å²) in [5.74, 6) is 0.573. The second kappa shape index (κ2) is 6.16. The Morgan fingerprint density at radius 3 is 3.12 bits per heavy atom. The molecule has 1 aromatic heterocycles. The molecule has 1 unspecified atom stereocenters. The van der Waals surface area contributed by atoms with Gasteiger partial charge in [0.15, 0.2) is 12.0 Å².